The van der Waals surface area contributed by atoms with Gasteiger partial charge in [-0.3, -0.25) is 9.59 Å². The van der Waals surface area contributed by atoms with Gasteiger partial charge in [-0.15, -0.1) is 4.40 Å². The summed E-state index contributed by atoms with van der Waals surface area (Å²) in [5.74, 6) is -1.77. The lowest BCUT2D eigenvalue weighted by Gasteiger charge is -2.42. The lowest BCUT2D eigenvalue weighted by molar-refractivity contribution is -0.126. The van der Waals surface area contributed by atoms with Gasteiger partial charge in [-0.05, 0) is 55.2 Å². The van der Waals surface area contributed by atoms with Crippen LogP contribution in [0.2, 0.25) is 0 Å². The summed E-state index contributed by atoms with van der Waals surface area (Å²) in [6.07, 6.45) is 2.72. The van der Waals surface area contributed by atoms with Crippen LogP contribution < -0.4 is 5.32 Å². The predicted molar refractivity (Wildman–Crippen MR) is 135 cm³/mol. The third kappa shape index (κ3) is 4.51. The van der Waals surface area contributed by atoms with Crippen LogP contribution in [-0.2, 0) is 20.2 Å². The van der Waals surface area contributed by atoms with E-state index in [0.29, 0.717) is 30.2 Å². The van der Waals surface area contributed by atoms with Crippen LogP contribution >= 0.6 is 0 Å². The topological polar surface area (TPSA) is 113 Å². The number of nitrogens with one attached hydrogen (secondary N) is 1. The number of carbonyl (C=O) groups excluding carboxylic acids is 2. The predicted octanol–water partition coefficient (Wildman–Crippen LogP) is 5.10. The molecular weight excluding hydrogens is 464 g/mol. The maximum absolute atomic E-state index is 14.3. The number of nitrogens with zero attached hydrogens (tertiary/aromatic N) is 1. The Morgan fingerprint density at radius 3 is 2.26 bits per heavy atom. The number of sulfonamides is 1. The van der Waals surface area contributed by atoms with Crippen molar-refractivity contribution in [2.24, 2.45) is 22.2 Å². The fraction of sp³-hybridized carbons (Fsp3) is 0.444. The van der Waals surface area contributed by atoms with E-state index in [9.17, 15) is 23.1 Å². The van der Waals surface area contributed by atoms with Crippen LogP contribution in [0.15, 0.2) is 51.8 Å². The van der Waals surface area contributed by atoms with E-state index in [1.165, 1.54) is 12.1 Å². The molecule has 2 N–H and O–H groups in total. The van der Waals surface area contributed by atoms with Crippen molar-refractivity contribution in [2.45, 2.75) is 63.7 Å². The van der Waals surface area contributed by atoms with E-state index in [2.05, 4.69) is 37.4 Å². The number of phenolic OH excluding ortho intramolecular Hbond substituents is 1. The van der Waals surface area contributed by atoms with Crippen molar-refractivity contribution in [1.82, 2.24) is 0 Å². The zero-order valence-corrected chi connectivity index (χ0v) is 21.4. The molecule has 0 fully saturated rings. The first-order chi connectivity index (χ1) is 16.5. The normalized spacial score (nSPS) is 20.3. The molecule has 35 heavy (non-hydrogen) atoms. The smallest absolute Gasteiger partial charge is 0.286 e. The summed E-state index contributed by atoms with van der Waals surface area (Å²) < 4.78 is 29.8. The molecule has 2 aromatic rings. The van der Waals surface area contributed by atoms with Gasteiger partial charge in [0.25, 0.3) is 10.0 Å². The van der Waals surface area contributed by atoms with Crippen molar-refractivity contribution >= 4 is 33.1 Å². The molecule has 1 heterocycles. The summed E-state index contributed by atoms with van der Waals surface area (Å²) in [6, 6.07) is 11.1. The van der Waals surface area contributed by atoms with Crippen molar-refractivity contribution < 1.29 is 23.1 Å². The van der Waals surface area contributed by atoms with Gasteiger partial charge in [-0.25, -0.2) is 0 Å². The highest BCUT2D eigenvalue weighted by Gasteiger charge is 2.53. The van der Waals surface area contributed by atoms with Gasteiger partial charge in [0.15, 0.2) is 11.6 Å². The van der Waals surface area contributed by atoms with Crippen molar-refractivity contribution in [1.29, 1.82) is 0 Å². The Bertz CT molecular complexity index is 1300. The highest BCUT2D eigenvalue weighted by Crippen LogP contribution is 2.46. The van der Waals surface area contributed by atoms with Crippen LogP contribution in [0.5, 0.6) is 5.75 Å². The number of amidine groups is 1. The van der Waals surface area contributed by atoms with E-state index in [1.807, 2.05) is 12.1 Å². The second kappa shape index (κ2) is 9.22. The summed E-state index contributed by atoms with van der Waals surface area (Å²) >= 11 is 0. The van der Waals surface area contributed by atoms with Crippen molar-refractivity contribution in [3.63, 3.8) is 0 Å². The summed E-state index contributed by atoms with van der Waals surface area (Å²) in [6.45, 7) is 8.40. The maximum atomic E-state index is 14.3. The van der Waals surface area contributed by atoms with E-state index in [4.69, 9.17) is 0 Å². The fourth-order valence-corrected chi connectivity index (χ4v) is 6.23. The first-order valence-corrected chi connectivity index (χ1v) is 13.5. The molecule has 4 rings (SSSR count). The first-order valence-electron chi connectivity index (χ1n) is 12.1. The zero-order chi connectivity index (χ0) is 25.5. The number of ketones is 2. The van der Waals surface area contributed by atoms with Gasteiger partial charge < -0.3 is 10.4 Å². The van der Waals surface area contributed by atoms with Gasteiger partial charge in [0.2, 0.25) is 0 Å². The monoisotopic (exact) mass is 496 g/mol. The van der Waals surface area contributed by atoms with Crippen molar-refractivity contribution in [2.75, 3.05) is 5.32 Å². The van der Waals surface area contributed by atoms with Crippen LogP contribution in [-0.4, -0.2) is 30.9 Å². The quantitative estimate of drug-likeness (QED) is 0.407. The Hall–Kier alpha value is -3.00. The Morgan fingerprint density at radius 1 is 1.00 bits per heavy atom. The minimum Gasteiger partial charge on any atom is -0.508 e. The third-order valence-electron chi connectivity index (χ3n) is 7.00. The number of hydrogen-bond donors (Lipinski definition) is 2. The van der Waals surface area contributed by atoms with Crippen LogP contribution in [0.4, 0.5) is 5.69 Å². The molecule has 7 nitrogen and oxygen atoms in total. The number of aromatic hydroxyl groups is 1. The molecule has 0 saturated carbocycles. The molecule has 0 aromatic heterocycles. The lowest BCUT2D eigenvalue weighted by atomic mass is 9.59. The zero-order valence-electron chi connectivity index (χ0n) is 20.5. The van der Waals surface area contributed by atoms with E-state index in [-0.39, 0.29) is 28.0 Å². The van der Waals surface area contributed by atoms with E-state index in [1.54, 1.807) is 12.1 Å². The van der Waals surface area contributed by atoms with Gasteiger partial charge in [0, 0.05) is 11.6 Å². The molecule has 186 valence electrons. The molecule has 0 radical (unpaired) electrons. The average molecular weight is 497 g/mol. The molecule has 1 atom stereocenters. The number of hydrogen-bond acceptors (Lipinski definition) is 6. The summed E-state index contributed by atoms with van der Waals surface area (Å²) in [4.78, 5) is 27.8. The summed E-state index contributed by atoms with van der Waals surface area (Å²) in [7, 11) is -4.21. The number of carbonyl (C=O) groups is 2. The summed E-state index contributed by atoms with van der Waals surface area (Å²) in [5.41, 5.74) is 0.453. The van der Waals surface area contributed by atoms with E-state index < -0.39 is 27.1 Å². The van der Waals surface area contributed by atoms with Gasteiger partial charge >= 0.3 is 0 Å². The van der Waals surface area contributed by atoms with Crippen LogP contribution in [0.25, 0.3) is 0 Å². The van der Waals surface area contributed by atoms with Crippen LogP contribution in [0.3, 0.4) is 0 Å². The molecule has 2 aliphatic rings. The van der Waals surface area contributed by atoms with Crippen molar-refractivity contribution in [3.05, 3.63) is 53.6 Å². The second-order valence-corrected chi connectivity index (χ2v) is 12.0. The van der Waals surface area contributed by atoms with E-state index >= 15 is 0 Å². The maximum Gasteiger partial charge on any atom is 0.286 e. The van der Waals surface area contributed by atoms with Gasteiger partial charge in [-0.2, -0.15) is 8.42 Å². The molecule has 0 spiro atoms. The standard InChI is InChI=1S/C27H32N2O5S/c1-16(2)11-13-27(14-12-17(3)4)20-8-6-5-7-19(20)24(31)23(25(27)32)26-28-21-10-9-18(30)15-22(21)35(33,34)29-26/h5-10,15-17,23,30H,11-14H2,1-4H3,(H,28,29). The highest BCUT2D eigenvalue weighted by atomic mass is 32.2. The van der Waals surface area contributed by atoms with Gasteiger partial charge in [0.05, 0.1) is 11.1 Å². The van der Waals surface area contributed by atoms with Gasteiger partial charge in [0.1, 0.15) is 22.4 Å². The Kier molecular flexibility index (Phi) is 6.62. The SMILES string of the molecule is CC(C)CCC1(CCC(C)C)C(=O)C(C2=NS(=O)(=O)c3cc(O)ccc3N2)C(=O)c2ccccc21. The molecule has 2 aromatic carbocycles. The Balaban J connectivity index is 1.88. The van der Waals surface area contributed by atoms with E-state index in [0.717, 1.165) is 24.5 Å². The van der Waals surface area contributed by atoms with Gasteiger partial charge in [-0.1, -0.05) is 52.0 Å². The number of anilines is 1. The molecule has 0 saturated heterocycles. The molecular formula is C27H32N2O5S. The molecule has 0 bridgehead atoms. The summed E-state index contributed by atoms with van der Waals surface area (Å²) in [5, 5.41) is 12.7. The minimum absolute atomic E-state index is 0.175. The number of fused-ring (bicyclic) bond motifs is 2. The Morgan fingerprint density at radius 2 is 1.63 bits per heavy atom. The fourth-order valence-electron chi connectivity index (χ4n) is 5.05. The Labute approximate surface area is 206 Å². The molecule has 0 amide bonds. The second-order valence-electron chi connectivity index (χ2n) is 10.4. The number of rotatable bonds is 7. The van der Waals surface area contributed by atoms with Crippen molar-refractivity contribution in [3.8, 4) is 5.75 Å². The minimum atomic E-state index is -4.21. The molecule has 1 unspecified atom stereocenters. The highest BCUT2D eigenvalue weighted by molar-refractivity contribution is 7.90. The van der Waals surface area contributed by atoms with Crippen LogP contribution in [0.1, 0.15) is 69.3 Å². The number of Topliss-reactive ketones (excluding diaryl/α,β-unsaturated/α-hetero) is 2. The largest absolute Gasteiger partial charge is 0.508 e. The first kappa shape index (κ1) is 25.1. The molecule has 1 aliphatic carbocycles. The number of benzene rings is 2. The number of phenols is 1. The van der Waals surface area contributed by atoms with Crippen LogP contribution in [0, 0.1) is 17.8 Å². The average Bonchev–Trinajstić information content (AvgIpc) is 2.79. The molecule has 1 aliphatic heterocycles. The third-order valence-corrected chi connectivity index (χ3v) is 8.33. The lowest BCUT2D eigenvalue weighted by Crippen LogP contribution is -2.53. The molecule has 8 heteroatoms.